The average molecular weight is 437 g/mol. The second-order valence-corrected chi connectivity index (χ2v) is 8.70. The summed E-state index contributed by atoms with van der Waals surface area (Å²) in [6, 6.07) is 17.9. The molecule has 7 heteroatoms. The molecule has 31 heavy (non-hydrogen) atoms. The number of carbonyl (C=O) groups is 1. The van der Waals surface area contributed by atoms with Crippen LogP contribution in [-0.2, 0) is 11.3 Å². The first-order chi connectivity index (χ1) is 15.2. The third-order valence-corrected chi connectivity index (χ3v) is 6.55. The molecule has 2 aromatic carbocycles. The summed E-state index contributed by atoms with van der Waals surface area (Å²) < 4.78 is 7.42. The molecule has 0 spiro atoms. The van der Waals surface area contributed by atoms with E-state index in [9.17, 15) is 4.79 Å². The van der Waals surface area contributed by atoms with Crippen LogP contribution in [0.25, 0.3) is 5.69 Å². The standard InChI is InChI=1S/C24H28N4O2S/c1-30-21-14-12-20(13-15-21)28-23(19-10-6-3-7-11-19)26-27-24(28)31-17-22(29)25-16-18-8-4-2-5-9-18/h2,4-5,8-9,12-15,19H,3,6-7,10-11,16-17H2,1H3,(H,25,29). The van der Waals surface area contributed by atoms with Crippen LogP contribution in [0, 0.1) is 0 Å². The van der Waals surface area contributed by atoms with Gasteiger partial charge in [0.25, 0.3) is 0 Å². The second kappa shape index (κ2) is 10.5. The van der Waals surface area contributed by atoms with E-state index in [4.69, 9.17) is 4.74 Å². The van der Waals surface area contributed by atoms with Crippen LogP contribution < -0.4 is 10.1 Å². The molecule has 1 aliphatic carbocycles. The van der Waals surface area contributed by atoms with Crippen molar-refractivity contribution in [3.63, 3.8) is 0 Å². The highest BCUT2D eigenvalue weighted by molar-refractivity contribution is 7.99. The van der Waals surface area contributed by atoms with Crippen LogP contribution in [0.5, 0.6) is 5.75 Å². The molecule has 3 aromatic rings. The van der Waals surface area contributed by atoms with E-state index in [-0.39, 0.29) is 5.91 Å². The first-order valence-electron chi connectivity index (χ1n) is 10.8. The predicted molar refractivity (Wildman–Crippen MR) is 123 cm³/mol. The first kappa shape index (κ1) is 21.4. The molecule has 0 bridgehead atoms. The van der Waals surface area contributed by atoms with Gasteiger partial charge in [0.05, 0.1) is 12.9 Å². The van der Waals surface area contributed by atoms with Gasteiger partial charge in [-0.05, 0) is 42.7 Å². The Hall–Kier alpha value is -2.80. The molecule has 1 aromatic heterocycles. The zero-order valence-corrected chi connectivity index (χ0v) is 18.6. The third-order valence-electron chi connectivity index (χ3n) is 5.62. The van der Waals surface area contributed by atoms with Crippen LogP contribution in [0.4, 0.5) is 0 Å². The molecule has 0 radical (unpaired) electrons. The van der Waals surface area contributed by atoms with Crippen molar-refractivity contribution < 1.29 is 9.53 Å². The van der Waals surface area contributed by atoms with Crippen molar-refractivity contribution in [1.29, 1.82) is 0 Å². The van der Waals surface area contributed by atoms with Gasteiger partial charge in [-0.1, -0.05) is 61.4 Å². The lowest BCUT2D eigenvalue weighted by Gasteiger charge is -2.22. The fraction of sp³-hybridized carbons (Fsp3) is 0.375. The SMILES string of the molecule is COc1ccc(-n2c(SCC(=O)NCc3ccccc3)nnc2C2CCCCC2)cc1. The van der Waals surface area contributed by atoms with Crippen molar-refractivity contribution >= 4 is 17.7 Å². The van der Waals surface area contributed by atoms with Gasteiger partial charge < -0.3 is 10.1 Å². The van der Waals surface area contributed by atoms with Crippen LogP contribution in [0.15, 0.2) is 59.8 Å². The third kappa shape index (κ3) is 5.47. The number of hydrogen-bond acceptors (Lipinski definition) is 5. The smallest absolute Gasteiger partial charge is 0.230 e. The van der Waals surface area contributed by atoms with Crippen molar-refractivity contribution in [2.45, 2.75) is 49.7 Å². The predicted octanol–water partition coefficient (Wildman–Crippen LogP) is 4.73. The van der Waals surface area contributed by atoms with Gasteiger partial charge in [0.15, 0.2) is 5.16 Å². The zero-order chi connectivity index (χ0) is 21.5. The number of aromatic nitrogens is 3. The second-order valence-electron chi connectivity index (χ2n) is 7.76. The number of nitrogens with one attached hydrogen (secondary N) is 1. The lowest BCUT2D eigenvalue weighted by Crippen LogP contribution is -2.24. The fourth-order valence-electron chi connectivity index (χ4n) is 3.95. The summed E-state index contributed by atoms with van der Waals surface area (Å²) in [7, 11) is 1.66. The summed E-state index contributed by atoms with van der Waals surface area (Å²) in [5.41, 5.74) is 2.08. The van der Waals surface area contributed by atoms with Gasteiger partial charge in [0.2, 0.25) is 5.91 Å². The van der Waals surface area contributed by atoms with E-state index < -0.39 is 0 Å². The van der Waals surface area contributed by atoms with Gasteiger partial charge in [-0.2, -0.15) is 0 Å². The number of benzene rings is 2. The molecule has 162 valence electrons. The Morgan fingerprint density at radius 3 is 2.52 bits per heavy atom. The Labute approximate surface area is 187 Å². The molecule has 0 aliphatic heterocycles. The Morgan fingerprint density at radius 2 is 1.81 bits per heavy atom. The maximum atomic E-state index is 12.4. The number of methoxy groups -OCH3 is 1. The zero-order valence-electron chi connectivity index (χ0n) is 17.8. The maximum Gasteiger partial charge on any atom is 0.230 e. The minimum atomic E-state index is -0.0163. The molecule has 1 aliphatic rings. The molecule has 1 amide bonds. The Bertz CT molecular complexity index is 983. The molecular formula is C24H28N4O2S. The van der Waals surface area contributed by atoms with Crippen molar-refractivity contribution in [2.75, 3.05) is 12.9 Å². The Morgan fingerprint density at radius 1 is 1.06 bits per heavy atom. The molecule has 0 saturated heterocycles. The molecule has 6 nitrogen and oxygen atoms in total. The monoisotopic (exact) mass is 436 g/mol. The van der Waals surface area contributed by atoms with Crippen LogP contribution in [0.1, 0.15) is 49.4 Å². The quantitative estimate of drug-likeness (QED) is 0.517. The lowest BCUT2D eigenvalue weighted by molar-refractivity contribution is -0.118. The molecule has 1 saturated carbocycles. The van der Waals surface area contributed by atoms with E-state index >= 15 is 0 Å². The molecule has 0 unspecified atom stereocenters. The summed E-state index contributed by atoms with van der Waals surface area (Å²) in [5.74, 6) is 2.50. The van der Waals surface area contributed by atoms with Crippen molar-refractivity contribution in [3.05, 3.63) is 66.0 Å². The number of carbonyl (C=O) groups excluding carboxylic acids is 1. The number of nitrogens with zero attached hydrogens (tertiary/aromatic N) is 3. The summed E-state index contributed by atoms with van der Waals surface area (Å²) in [4.78, 5) is 12.4. The highest BCUT2D eigenvalue weighted by Gasteiger charge is 2.24. The fourth-order valence-corrected chi connectivity index (χ4v) is 4.74. The Kier molecular flexibility index (Phi) is 7.25. The molecule has 1 N–H and O–H groups in total. The molecule has 0 atom stereocenters. The number of thioether (sulfide) groups is 1. The minimum Gasteiger partial charge on any atom is -0.497 e. The van der Waals surface area contributed by atoms with E-state index in [1.54, 1.807) is 7.11 Å². The molecule has 4 rings (SSSR count). The van der Waals surface area contributed by atoms with Gasteiger partial charge in [-0.15, -0.1) is 10.2 Å². The number of ether oxygens (including phenoxy) is 1. The first-order valence-corrected chi connectivity index (χ1v) is 11.8. The summed E-state index contributed by atoms with van der Waals surface area (Å²) in [5, 5.41) is 12.8. The van der Waals surface area contributed by atoms with E-state index in [0.29, 0.717) is 18.2 Å². The number of amides is 1. The van der Waals surface area contributed by atoms with E-state index in [0.717, 1.165) is 40.8 Å². The number of hydrogen-bond donors (Lipinski definition) is 1. The van der Waals surface area contributed by atoms with Crippen LogP contribution in [-0.4, -0.2) is 33.5 Å². The van der Waals surface area contributed by atoms with Gasteiger partial charge in [-0.25, -0.2) is 0 Å². The average Bonchev–Trinajstić information content (AvgIpc) is 3.26. The highest BCUT2D eigenvalue weighted by Crippen LogP contribution is 2.35. The topological polar surface area (TPSA) is 69.0 Å². The van der Waals surface area contributed by atoms with E-state index in [2.05, 4.69) is 20.1 Å². The van der Waals surface area contributed by atoms with Gasteiger partial charge in [0.1, 0.15) is 11.6 Å². The minimum absolute atomic E-state index is 0.0163. The Balaban J connectivity index is 1.49. The summed E-state index contributed by atoms with van der Waals surface area (Å²) in [6.07, 6.45) is 6.01. The van der Waals surface area contributed by atoms with E-state index in [1.165, 1.54) is 31.0 Å². The van der Waals surface area contributed by atoms with Crippen LogP contribution >= 0.6 is 11.8 Å². The lowest BCUT2D eigenvalue weighted by atomic mass is 9.88. The van der Waals surface area contributed by atoms with Crippen LogP contribution in [0.2, 0.25) is 0 Å². The summed E-state index contributed by atoms with van der Waals surface area (Å²) in [6.45, 7) is 0.527. The van der Waals surface area contributed by atoms with Crippen molar-refractivity contribution in [3.8, 4) is 11.4 Å². The van der Waals surface area contributed by atoms with Crippen molar-refractivity contribution in [1.82, 2.24) is 20.1 Å². The molecule has 1 heterocycles. The number of rotatable bonds is 8. The normalized spacial score (nSPS) is 14.4. The van der Waals surface area contributed by atoms with Crippen molar-refractivity contribution in [2.24, 2.45) is 0 Å². The van der Waals surface area contributed by atoms with Crippen LogP contribution in [0.3, 0.4) is 0 Å². The highest BCUT2D eigenvalue weighted by atomic mass is 32.2. The van der Waals surface area contributed by atoms with E-state index in [1.807, 2.05) is 54.6 Å². The summed E-state index contributed by atoms with van der Waals surface area (Å²) >= 11 is 1.43. The van der Waals surface area contributed by atoms with Gasteiger partial charge >= 0.3 is 0 Å². The van der Waals surface area contributed by atoms with Gasteiger partial charge in [0, 0.05) is 18.2 Å². The molecule has 1 fully saturated rings. The largest absolute Gasteiger partial charge is 0.497 e. The van der Waals surface area contributed by atoms with Gasteiger partial charge in [-0.3, -0.25) is 9.36 Å². The molecular weight excluding hydrogens is 408 g/mol. The maximum absolute atomic E-state index is 12.4.